The fourth-order valence-corrected chi connectivity index (χ4v) is 2.92. The van der Waals surface area contributed by atoms with E-state index < -0.39 is 15.8 Å². The average Bonchev–Trinajstić information content (AvgIpc) is 2.46. The number of ether oxygens (including phenoxy) is 1. The second kappa shape index (κ2) is 6.24. The van der Waals surface area contributed by atoms with Crippen molar-refractivity contribution >= 4 is 10.0 Å². The van der Waals surface area contributed by atoms with E-state index in [0.29, 0.717) is 5.75 Å². The van der Waals surface area contributed by atoms with Crippen molar-refractivity contribution in [1.29, 1.82) is 0 Å². The van der Waals surface area contributed by atoms with Gasteiger partial charge in [-0.05, 0) is 37.3 Å². The minimum Gasteiger partial charge on any atom is -0.496 e. The third kappa shape index (κ3) is 3.80. The van der Waals surface area contributed by atoms with Crippen LogP contribution in [0.25, 0.3) is 0 Å². The van der Waals surface area contributed by atoms with Crippen molar-refractivity contribution in [2.45, 2.75) is 18.4 Å². The predicted octanol–water partition coefficient (Wildman–Crippen LogP) is 2.62. The van der Waals surface area contributed by atoms with Crippen molar-refractivity contribution in [3.05, 3.63) is 59.4 Å². The maximum Gasteiger partial charge on any atom is 0.240 e. The number of hydrogen-bond acceptors (Lipinski definition) is 3. The fraction of sp³-hybridized carbons (Fsp3) is 0.200. The van der Waals surface area contributed by atoms with Gasteiger partial charge in [0.1, 0.15) is 11.6 Å². The van der Waals surface area contributed by atoms with Crippen molar-refractivity contribution < 1.29 is 17.5 Å². The van der Waals surface area contributed by atoms with Crippen molar-refractivity contribution in [2.75, 3.05) is 7.11 Å². The van der Waals surface area contributed by atoms with Crippen molar-refractivity contribution in [3.8, 4) is 5.75 Å². The van der Waals surface area contributed by atoms with Crippen LogP contribution in [0.4, 0.5) is 4.39 Å². The van der Waals surface area contributed by atoms with Crippen LogP contribution in [0.2, 0.25) is 0 Å². The number of aryl methyl sites for hydroxylation is 1. The molecule has 0 spiro atoms. The van der Waals surface area contributed by atoms with Gasteiger partial charge in [0.25, 0.3) is 0 Å². The minimum atomic E-state index is -3.69. The Hall–Kier alpha value is -1.92. The van der Waals surface area contributed by atoms with E-state index in [1.54, 1.807) is 6.07 Å². The number of sulfonamides is 1. The highest BCUT2D eigenvalue weighted by atomic mass is 32.2. The molecule has 2 aromatic carbocycles. The lowest BCUT2D eigenvalue weighted by Gasteiger charge is -2.11. The number of rotatable bonds is 5. The van der Waals surface area contributed by atoms with Gasteiger partial charge in [-0.2, -0.15) is 0 Å². The lowest BCUT2D eigenvalue weighted by atomic mass is 10.1. The molecule has 0 aliphatic carbocycles. The number of benzene rings is 2. The zero-order chi connectivity index (χ0) is 15.5. The van der Waals surface area contributed by atoms with E-state index in [0.717, 1.165) is 23.3 Å². The van der Waals surface area contributed by atoms with E-state index in [2.05, 4.69) is 4.72 Å². The average molecular weight is 309 g/mol. The lowest BCUT2D eigenvalue weighted by Crippen LogP contribution is -2.23. The number of methoxy groups -OCH3 is 1. The Balaban J connectivity index is 2.19. The summed E-state index contributed by atoms with van der Waals surface area (Å²) in [6.07, 6.45) is 0. The molecule has 4 nitrogen and oxygen atoms in total. The van der Waals surface area contributed by atoms with Crippen LogP contribution in [0.1, 0.15) is 11.1 Å². The van der Waals surface area contributed by atoms with Crippen LogP contribution in [0.3, 0.4) is 0 Å². The van der Waals surface area contributed by atoms with E-state index in [4.69, 9.17) is 4.74 Å². The minimum absolute atomic E-state index is 0.0236. The SMILES string of the molecule is COc1ccc(C)cc1CNS(=O)(=O)c1ccc(F)cc1. The Kier molecular flexibility index (Phi) is 4.59. The standard InChI is InChI=1S/C15H16FNO3S/c1-11-3-8-15(20-2)12(9-11)10-17-21(18,19)14-6-4-13(16)5-7-14/h3-9,17H,10H2,1-2H3. The summed E-state index contributed by atoms with van der Waals surface area (Å²) < 4.78 is 44.8. The first-order chi connectivity index (χ1) is 9.92. The van der Waals surface area contributed by atoms with Gasteiger partial charge < -0.3 is 4.74 Å². The molecule has 0 radical (unpaired) electrons. The van der Waals surface area contributed by atoms with Crippen molar-refractivity contribution in [2.24, 2.45) is 0 Å². The monoisotopic (exact) mass is 309 g/mol. The van der Waals surface area contributed by atoms with Crippen LogP contribution >= 0.6 is 0 Å². The summed E-state index contributed by atoms with van der Waals surface area (Å²) in [5.41, 5.74) is 1.75. The maximum atomic E-state index is 12.8. The van der Waals surface area contributed by atoms with Gasteiger partial charge in [-0.3, -0.25) is 0 Å². The van der Waals surface area contributed by atoms with Gasteiger partial charge in [0.15, 0.2) is 0 Å². The Labute approximate surface area is 123 Å². The smallest absolute Gasteiger partial charge is 0.240 e. The first kappa shape index (κ1) is 15.5. The fourth-order valence-electron chi connectivity index (χ4n) is 1.92. The van der Waals surface area contributed by atoms with Crippen LogP contribution in [0.5, 0.6) is 5.75 Å². The summed E-state index contributed by atoms with van der Waals surface area (Å²) in [5.74, 6) is 0.136. The van der Waals surface area contributed by atoms with Gasteiger partial charge in [0, 0.05) is 12.1 Å². The van der Waals surface area contributed by atoms with Gasteiger partial charge in [-0.25, -0.2) is 17.5 Å². The highest BCUT2D eigenvalue weighted by Crippen LogP contribution is 2.20. The van der Waals surface area contributed by atoms with E-state index in [1.165, 1.54) is 19.2 Å². The second-order valence-corrected chi connectivity index (χ2v) is 6.36. The molecule has 0 atom stereocenters. The molecular weight excluding hydrogens is 293 g/mol. The molecule has 1 N–H and O–H groups in total. The summed E-state index contributed by atoms with van der Waals surface area (Å²) in [5, 5.41) is 0. The molecule has 0 unspecified atom stereocenters. The predicted molar refractivity (Wildman–Crippen MR) is 78.2 cm³/mol. The maximum absolute atomic E-state index is 12.8. The zero-order valence-corrected chi connectivity index (χ0v) is 12.6. The van der Waals surface area contributed by atoms with E-state index in [9.17, 15) is 12.8 Å². The van der Waals surface area contributed by atoms with E-state index in [-0.39, 0.29) is 11.4 Å². The second-order valence-electron chi connectivity index (χ2n) is 4.59. The number of halogens is 1. The Morgan fingerprint density at radius 1 is 1.14 bits per heavy atom. The number of nitrogens with one attached hydrogen (secondary N) is 1. The Bertz CT molecular complexity index is 727. The van der Waals surface area contributed by atoms with E-state index in [1.807, 2.05) is 19.1 Å². The van der Waals surface area contributed by atoms with Crippen LogP contribution in [0, 0.1) is 12.7 Å². The molecule has 112 valence electrons. The van der Waals surface area contributed by atoms with Gasteiger partial charge in [-0.15, -0.1) is 0 Å². The van der Waals surface area contributed by atoms with Crippen LogP contribution in [-0.4, -0.2) is 15.5 Å². The molecule has 0 aliphatic rings. The first-order valence-corrected chi connectivity index (χ1v) is 7.79. The largest absolute Gasteiger partial charge is 0.496 e. The van der Waals surface area contributed by atoms with Gasteiger partial charge in [0.05, 0.1) is 12.0 Å². The molecule has 0 aromatic heterocycles. The Morgan fingerprint density at radius 2 is 1.81 bits per heavy atom. The summed E-state index contributed by atoms with van der Waals surface area (Å²) in [6, 6.07) is 10.2. The quantitative estimate of drug-likeness (QED) is 0.923. The van der Waals surface area contributed by atoms with Gasteiger partial charge in [-0.1, -0.05) is 17.7 Å². The molecule has 0 amide bonds. The molecule has 21 heavy (non-hydrogen) atoms. The topological polar surface area (TPSA) is 55.4 Å². The molecule has 2 aromatic rings. The highest BCUT2D eigenvalue weighted by Gasteiger charge is 2.14. The summed E-state index contributed by atoms with van der Waals surface area (Å²) in [6.45, 7) is 2.02. The lowest BCUT2D eigenvalue weighted by molar-refractivity contribution is 0.409. The van der Waals surface area contributed by atoms with Gasteiger partial charge in [0.2, 0.25) is 10.0 Å². The van der Waals surface area contributed by atoms with E-state index >= 15 is 0 Å². The molecule has 0 heterocycles. The van der Waals surface area contributed by atoms with Crippen molar-refractivity contribution in [1.82, 2.24) is 4.72 Å². The zero-order valence-electron chi connectivity index (χ0n) is 11.8. The van der Waals surface area contributed by atoms with Crippen molar-refractivity contribution in [3.63, 3.8) is 0 Å². The molecular formula is C15H16FNO3S. The third-order valence-electron chi connectivity index (χ3n) is 3.01. The Morgan fingerprint density at radius 3 is 2.43 bits per heavy atom. The normalized spacial score (nSPS) is 11.4. The summed E-state index contributed by atoms with van der Waals surface area (Å²) in [7, 11) is -2.15. The van der Waals surface area contributed by atoms with Crippen LogP contribution in [-0.2, 0) is 16.6 Å². The number of hydrogen-bond donors (Lipinski definition) is 1. The molecule has 0 fully saturated rings. The summed E-state index contributed by atoms with van der Waals surface area (Å²) >= 11 is 0. The van der Waals surface area contributed by atoms with Crippen LogP contribution < -0.4 is 9.46 Å². The molecule has 0 aliphatic heterocycles. The highest BCUT2D eigenvalue weighted by molar-refractivity contribution is 7.89. The van der Waals surface area contributed by atoms with Gasteiger partial charge >= 0.3 is 0 Å². The molecule has 0 bridgehead atoms. The summed E-state index contributed by atoms with van der Waals surface area (Å²) in [4.78, 5) is 0.0236. The third-order valence-corrected chi connectivity index (χ3v) is 4.43. The molecule has 2 rings (SSSR count). The molecule has 0 saturated heterocycles. The first-order valence-electron chi connectivity index (χ1n) is 6.31. The van der Waals surface area contributed by atoms with Crippen LogP contribution in [0.15, 0.2) is 47.4 Å². The molecule has 0 saturated carbocycles. The molecule has 6 heteroatoms.